The highest BCUT2D eigenvalue weighted by atomic mass is 16.5. The minimum absolute atomic E-state index is 0.0694. The average Bonchev–Trinajstić information content (AvgIpc) is 3.63. The lowest BCUT2D eigenvalue weighted by Gasteiger charge is -2.65. The number of benzene rings is 2. The molecule has 0 amide bonds. The Morgan fingerprint density at radius 2 is 1.95 bits per heavy atom. The van der Waals surface area contributed by atoms with Crippen molar-refractivity contribution in [3.63, 3.8) is 0 Å². The largest absolute Gasteiger partial charge is 0.493 e. The van der Waals surface area contributed by atoms with E-state index in [0.717, 1.165) is 49.6 Å². The summed E-state index contributed by atoms with van der Waals surface area (Å²) in [7, 11) is 1.73. The first-order chi connectivity index (χ1) is 18.1. The van der Waals surface area contributed by atoms with E-state index in [1.54, 1.807) is 7.11 Å². The third-order valence-electron chi connectivity index (χ3n) is 10.4. The van der Waals surface area contributed by atoms with Gasteiger partial charge in [0.05, 0.1) is 20.3 Å². The quantitative estimate of drug-likeness (QED) is 0.475. The fraction of sp³-hybridized carbons (Fsp3) is 0.625. The zero-order valence-electron chi connectivity index (χ0n) is 22.3. The molecular formula is C32H41NO4. The normalized spacial score (nSPS) is 34.9. The topological polar surface area (TPSA) is 51.2 Å². The molecule has 6 aliphatic rings. The van der Waals surface area contributed by atoms with Crippen molar-refractivity contribution in [3.05, 3.63) is 59.2 Å². The van der Waals surface area contributed by atoms with E-state index in [4.69, 9.17) is 14.2 Å². The fourth-order valence-corrected chi connectivity index (χ4v) is 8.58. The molecule has 0 aromatic heterocycles. The van der Waals surface area contributed by atoms with Gasteiger partial charge in [-0.3, -0.25) is 4.90 Å². The molecule has 2 aromatic carbocycles. The zero-order valence-corrected chi connectivity index (χ0v) is 22.3. The molecule has 4 saturated carbocycles. The van der Waals surface area contributed by atoms with Crippen molar-refractivity contribution in [2.45, 2.75) is 82.1 Å². The van der Waals surface area contributed by atoms with Crippen LogP contribution in [0.15, 0.2) is 42.5 Å². The molecule has 5 aliphatic carbocycles. The first-order valence-electron chi connectivity index (χ1n) is 14.5. The van der Waals surface area contributed by atoms with E-state index in [0.29, 0.717) is 19.3 Å². The molecule has 5 heteroatoms. The van der Waals surface area contributed by atoms with E-state index in [1.165, 1.54) is 42.5 Å². The number of hydrogen-bond acceptors (Lipinski definition) is 5. The van der Waals surface area contributed by atoms with Crippen LogP contribution >= 0.6 is 0 Å². The van der Waals surface area contributed by atoms with E-state index in [9.17, 15) is 5.11 Å². The third kappa shape index (κ3) is 3.68. The van der Waals surface area contributed by atoms with Gasteiger partial charge in [0.2, 0.25) is 0 Å². The van der Waals surface area contributed by atoms with Crippen LogP contribution in [-0.2, 0) is 17.8 Å². The molecule has 37 heavy (non-hydrogen) atoms. The number of aliphatic hydroxyl groups is 1. The monoisotopic (exact) mass is 503 g/mol. The molecule has 4 fully saturated rings. The van der Waals surface area contributed by atoms with E-state index >= 15 is 0 Å². The lowest BCUT2D eigenvalue weighted by molar-refractivity contribution is -0.231. The van der Waals surface area contributed by atoms with Gasteiger partial charge in [-0.1, -0.05) is 43.3 Å². The second kappa shape index (κ2) is 9.00. The zero-order chi connectivity index (χ0) is 25.2. The molecule has 2 bridgehead atoms. The van der Waals surface area contributed by atoms with Crippen molar-refractivity contribution in [2.75, 3.05) is 26.8 Å². The van der Waals surface area contributed by atoms with Crippen molar-refractivity contribution >= 4 is 0 Å². The summed E-state index contributed by atoms with van der Waals surface area (Å²) >= 11 is 0. The van der Waals surface area contributed by atoms with Crippen LogP contribution in [0.5, 0.6) is 11.5 Å². The summed E-state index contributed by atoms with van der Waals surface area (Å²) in [6.45, 7) is 5.85. The van der Waals surface area contributed by atoms with Crippen molar-refractivity contribution in [3.8, 4) is 11.5 Å². The summed E-state index contributed by atoms with van der Waals surface area (Å²) in [6.07, 6.45) is 7.64. The first kappa shape index (κ1) is 24.0. The molecule has 1 N–H and O–H groups in total. The smallest absolute Gasteiger partial charge is 0.165 e. The maximum Gasteiger partial charge on any atom is 0.165 e. The molecule has 2 aromatic rings. The van der Waals surface area contributed by atoms with Gasteiger partial charge < -0.3 is 19.3 Å². The van der Waals surface area contributed by atoms with Gasteiger partial charge in [-0.25, -0.2) is 0 Å². The van der Waals surface area contributed by atoms with Crippen LogP contribution < -0.4 is 9.47 Å². The number of hydrogen-bond donors (Lipinski definition) is 1. The van der Waals surface area contributed by atoms with E-state index in [1.807, 2.05) is 6.07 Å². The van der Waals surface area contributed by atoms with Crippen LogP contribution in [0.3, 0.4) is 0 Å². The number of fused-ring (bicyclic) bond motifs is 2. The van der Waals surface area contributed by atoms with Gasteiger partial charge in [-0.2, -0.15) is 0 Å². The third-order valence-corrected chi connectivity index (χ3v) is 10.4. The number of methoxy groups -OCH3 is 1. The molecular weight excluding hydrogens is 462 g/mol. The summed E-state index contributed by atoms with van der Waals surface area (Å²) in [5, 5.41) is 12.3. The Hall–Kier alpha value is -2.08. The number of ether oxygens (including phenoxy) is 3. The Bertz CT molecular complexity index is 1150. The highest BCUT2D eigenvalue weighted by molar-refractivity contribution is 5.60. The maximum absolute atomic E-state index is 12.3. The Morgan fingerprint density at radius 1 is 1.11 bits per heavy atom. The molecule has 1 unspecified atom stereocenters. The van der Waals surface area contributed by atoms with Gasteiger partial charge >= 0.3 is 0 Å². The lowest BCUT2D eigenvalue weighted by Crippen LogP contribution is -2.71. The van der Waals surface area contributed by atoms with Gasteiger partial charge in [0.1, 0.15) is 11.7 Å². The standard InChI is InChI=1S/C32H41NO4/c1-3-15-33(18-21-9-10-21)26-16-23-11-12-25(35-2)29-27(23)28-30(37-29)32(34)14-13-31(26,28)17-24(32)20-36-19-22-7-5-4-6-8-22/h4-8,11-12,21,24,26,28,30,34H,3,9-10,13-20H2,1-2H3/t24-,26-,28?,30-,31-,32-/m1/s1. The Balaban J connectivity index is 1.26. The van der Waals surface area contributed by atoms with E-state index in [2.05, 4.69) is 48.2 Å². The van der Waals surface area contributed by atoms with E-state index < -0.39 is 5.60 Å². The highest BCUT2D eigenvalue weighted by Crippen LogP contribution is 2.71. The van der Waals surface area contributed by atoms with Crippen molar-refractivity contribution in [2.24, 2.45) is 17.3 Å². The van der Waals surface area contributed by atoms with Gasteiger partial charge in [0.15, 0.2) is 11.5 Å². The van der Waals surface area contributed by atoms with Gasteiger partial charge in [-0.05, 0) is 80.0 Å². The second-order valence-corrected chi connectivity index (χ2v) is 12.5. The van der Waals surface area contributed by atoms with Crippen LogP contribution in [-0.4, -0.2) is 54.6 Å². The van der Waals surface area contributed by atoms with Gasteiger partial charge in [0.25, 0.3) is 0 Å². The predicted octanol–water partition coefficient (Wildman–Crippen LogP) is 5.33. The Labute approximate surface area is 221 Å². The SMILES string of the molecule is CCCN(CC1CC1)[C@@H]1Cc2ccc(OC)c3c2C2[C@@H](O3)[C@@]3(O)CC[C@]21C[C@@H]3COCc1ccccc1. The van der Waals surface area contributed by atoms with E-state index in [-0.39, 0.29) is 23.4 Å². The summed E-state index contributed by atoms with van der Waals surface area (Å²) < 4.78 is 18.9. The Morgan fingerprint density at radius 3 is 2.70 bits per heavy atom. The summed E-state index contributed by atoms with van der Waals surface area (Å²) in [6, 6.07) is 15.2. The van der Waals surface area contributed by atoms with Crippen LogP contribution in [0, 0.1) is 17.3 Å². The first-order valence-corrected chi connectivity index (χ1v) is 14.5. The molecule has 1 aliphatic heterocycles. The predicted molar refractivity (Wildman–Crippen MR) is 143 cm³/mol. The fourth-order valence-electron chi connectivity index (χ4n) is 8.58. The molecule has 5 nitrogen and oxygen atoms in total. The summed E-state index contributed by atoms with van der Waals surface area (Å²) in [5.74, 6) is 2.87. The molecule has 1 spiro atoms. The minimum Gasteiger partial charge on any atom is -0.493 e. The maximum atomic E-state index is 12.3. The van der Waals surface area contributed by atoms with Crippen molar-refractivity contribution in [1.82, 2.24) is 4.90 Å². The average molecular weight is 504 g/mol. The lowest BCUT2D eigenvalue weighted by atomic mass is 9.43. The summed E-state index contributed by atoms with van der Waals surface area (Å²) in [4.78, 5) is 2.84. The molecule has 0 radical (unpaired) electrons. The van der Waals surface area contributed by atoms with Crippen molar-refractivity contribution in [1.29, 1.82) is 0 Å². The van der Waals surface area contributed by atoms with Gasteiger partial charge in [0, 0.05) is 30.0 Å². The van der Waals surface area contributed by atoms with Crippen LogP contribution in [0.25, 0.3) is 0 Å². The van der Waals surface area contributed by atoms with Crippen LogP contribution in [0.1, 0.15) is 68.1 Å². The van der Waals surface area contributed by atoms with Gasteiger partial charge in [-0.15, -0.1) is 0 Å². The highest BCUT2D eigenvalue weighted by Gasteiger charge is 2.72. The number of nitrogens with zero attached hydrogens (tertiary/aromatic N) is 1. The molecule has 0 saturated heterocycles. The molecule has 6 atom stereocenters. The Kier molecular flexibility index (Phi) is 5.83. The molecule has 8 rings (SSSR count). The minimum atomic E-state index is -0.877. The molecule has 198 valence electrons. The van der Waals surface area contributed by atoms with Crippen LogP contribution in [0.2, 0.25) is 0 Å². The van der Waals surface area contributed by atoms with Crippen molar-refractivity contribution < 1.29 is 19.3 Å². The number of rotatable bonds is 10. The van der Waals surface area contributed by atoms with Crippen LogP contribution in [0.4, 0.5) is 0 Å². The summed E-state index contributed by atoms with van der Waals surface area (Å²) in [5.41, 5.74) is 3.15. The second-order valence-electron chi connectivity index (χ2n) is 12.5. The molecule has 1 heterocycles.